The molecular weight excluding hydrogens is 427 g/mol. The van der Waals surface area contributed by atoms with E-state index in [-0.39, 0.29) is 0 Å². The highest BCUT2D eigenvalue weighted by atomic mass is 31.1. The molecule has 0 saturated heterocycles. The molecule has 0 spiro atoms. The van der Waals surface area contributed by atoms with Crippen molar-refractivity contribution in [1.82, 2.24) is 0 Å². The van der Waals surface area contributed by atoms with Crippen molar-refractivity contribution in [3.63, 3.8) is 0 Å². The first-order valence-electron chi connectivity index (χ1n) is 11.1. The van der Waals surface area contributed by atoms with Crippen LogP contribution >= 0.6 is 8.58 Å². The number of rotatable bonds is 5. The SMILES string of the molecule is COc1c(-c2ccccc2)cc(-c2ccccc2)c(OC)c1-c1cccc2c1PC(C)CO2. The molecule has 0 radical (unpaired) electrons. The Morgan fingerprint density at radius 1 is 0.727 bits per heavy atom. The van der Waals surface area contributed by atoms with E-state index in [1.54, 1.807) is 14.2 Å². The lowest BCUT2D eigenvalue weighted by atomic mass is 9.90. The van der Waals surface area contributed by atoms with Gasteiger partial charge < -0.3 is 14.2 Å². The van der Waals surface area contributed by atoms with Gasteiger partial charge in [0.2, 0.25) is 0 Å². The van der Waals surface area contributed by atoms with E-state index < -0.39 is 0 Å². The van der Waals surface area contributed by atoms with Crippen molar-refractivity contribution >= 4 is 13.9 Å². The number of hydrogen-bond donors (Lipinski definition) is 0. The van der Waals surface area contributed by atoms with Crippen molar-refractivity contribution in [2.24, 2.45) is 0 Å². The van der Waals surface area contributed by atoms with Crippen molar-refractivity contribution in [1.29, 1.82) is 0 Å². The van der Waals surface area contributed by atoms with Gasteiger partial charge in [-0.1, -0.05) is 88.3 Å². The van der Waals surface area contributed by atoms with Gasteiger partial charge in [-0.2, -0.15) is 0 Å². The second-order valence-electron chi connectivity index (χ2n) is 8.18. The molecule has 2 unspecified atom stereocenters. The summed E-state index contributed by atoms with van der Waals surface area (Å²) in [7, 11) is 4.14. The van der Waals surface area contributed by atoms with Gasteiger partial charge in [-0.3, -0.25) is 0 Å². The second-order valence-corrected chi connectivity index (χ2v) is 9.95. The maximum Gasteiger partial charge on any atom is 0.138 e. The first-order chi connectivity index (χ1) is 16.2. The summed E-state index contributed by atoms with van der Waals surface area (Å²) < 4.78 is 18.3. The Morgan fingerprint density at radius 2 is 1.30 bits per heavy atom. The molecule has 0 bridgehead atoms. The maximum atomic E-state index is 6.12. The van der Waals surface area contributed by atoms with Crippen LogP contribution in [-0.4, -0.2) is 26.5 Å². The summed E-state index contributed by atoms with van der Waals surface area (Å²) in [5.41, 5.74) is 6.85. The molecule has 0 amide bonds. The lowest BCUT2D eigenvalue weighted by Gasteiger charge is -2.27. The molecule has 4 aromatic carbocycles. The number of ether oxygens (including phenoxy) is 3. The van der Waals surface area contributed by atoms with E-state index in [2.05, 4.69) is 79.7 Å². The predicted octanol–water partition coefficient (Wildman–Crippen LogP) is 6.79. The molecule has 4 heteroatoms. The molecule has 2 atom stereocenters. The van der Waals surface area contributed by atoms with Crippen LogP contribution in [0.5, 0.6) is 17.2 Å². The Labute approximate surface area is 197 Å². The monoisotopic (exact) mass is 454 g/mol. The number of methoxy groups -OCH3 is 2. The van der Waals surface area contributed by atoms with Gasteiger partial charge in [0.25, 0.3) is 0 Å². The quantitative estimate of drug-likeness (QED) is 0.311. The standard InChI is InChI=1S/C29H27O3P/c1-19-18-32-25-16-10-15-22(29(25)33-19)26-27(30-2)23(20-11-6-4-7-12-20)17-24(28(26)31-3)21-13-8-5-9-14-21/h4-17,19,33H,18H2,1-3H3. The molecule has 0 aliphatic carbocycles. The van der Waals surface area contributed by atoms with Crippen LogP contribution in [-0.2, 0) is 0 Å². The van der Waals surface area contributed by atoms with Crippen LogP contribution in [0.4, 0.5) is 0 Å². The normalized spacial score (nSPS) is 15.5. The average Bonchev–Trinajstić information content (AvgIpc) is 2.88. The highest BCUT2D eigenvalue weighted by Gasteiger charge is 2.27. The van der Waals surface area contributed by atoms with Gasteiger partial charge in [0.1, 0.15) is 17.2 Å². The fourth-order valence-electron chi connectivity index (χ4n) is 4.49. The van der Waals surface area contributed by atoms with Gasteiger partial charge >= 0.3 is 0 Å². The molecular formula is C29H27O3P. The van der Waals surface area contributed by atoms with Gasteiger partial charge in [0.05, 0.1) is 26.4 Å². The number of hydrogen-bond acceptors (Lipinski definition) is 3. The van der Waals surface area contributed by atoms with E-state index in [4.69, 9.17) is 14.2 Å². The predicted molar refractivity (Wildman–Crippen MR) is 139 cm³/mol. The van der Waals surface area contributed by atoms with Crippen LogP contribution in [0.25, 0.3) is 33.4 Å². The lowest BCUT2D eigenvalue weighted by molar-refractivity contribution is 0.319. The molecule has 0 saturated carbocycles. The fourth-order valence-corrected chi connectivity index (χ4v) is 5.81. The first kappa shape index (κ1) is 21.6. The van der Waals surface area contributed by atoms with Crippen molar-refractivity contribution < 1.29 is 14.2 Å². The zero-order valence-electron chi connectivity index (χ0n) is 19.1. The van der Waals surface area contributed by atoms with E-state index in [0.717, 1.165) is 57.2 Å². The second kappa shape index (κ2) is 9.29. The Bertz CT molecular complexity index is 1200. The van der Waals surface area contributed by atoms with Crippen LogP contribution in [0.15, 0.2) is 84.9 Å². The molecule has 33 heavy (non-hydrogen) atoms. The topological polar surface area (TPSA) is 27.7 Å². The third-order valence-electron chi connectivity index (χ3n) is 5.99. The minimum absolute atomic E-state index is 0.474. The third-order valence-corrected chi connectivity index (χ3v) is 7.45. The minimum atomic E-state index is 0.474. The maximum absolute atomic E-state index is 6.12. The molecule has 0 fully saturated rings. The summed E-state index contributed by atoms with van der Waals surface area (Å²) in [5.74, 6) is 2.59. The Morgan fingerprint density at radius 3 is 1.85 bits per heavy atom. The summed E-state index contributed by atoms with van der Waals surface area (Å²) >= 11 is 0. The highest BCUT2D eigenvalue weighted by Crippen LogP contribution is 2.51. The number of fused-ring (bicyclic) bond motifs is 1. The van der Waals surface area contributed by atoms with E-state index >= 15 is 0 Å². The Hall–Kier alpha value is -3.29. The molecule has 166 valence electrons. The van der Waals surface area contributed by atoms with E-state index in [1.165, 1.54) is 5.30 Å². The molecule has 4 aromatic rings. The zero-order valence-corrected chi connectivity index (χ0v) is 20.1. The average molecular weight is 455 g/mol. The van der Waals surface area contributed by atoms with Crippen LogP contribution < -0.4 is 19.5 Å². The third kappa shape index (κ3) is 3.98. The van der Waals surface area contributed by atoms with Gasteiger partial charge in [-0.25, -0.2) is 0 Å². The molecule has 1 heterocycles. The molecule has 0 aromatic heterocycles. The van der Waals surface area contributed by atoms with Gasteiger partial charge in [-0.05, 0) is 23.3 Å². The molecule has 0 N–H and O–H groups in total. The van der Waals surface area contributed by atoms with Gasteiger partial charge in [0.15, 0.2) is 0 Å². The Kier molecular flexibility index (Phi) is 6.07. The van der Waals surface area contributed by atoms with E-state index in [0.29, 0.717) is 14.2 Å². The van der Waals surface area contributed by atoms with Crippen molar-refractivity contribution in [3.05, 3.63) is 84.9 Å². The van der Waals surface area contributed by atoms with Crippen LogP contribution in [0.2, 0.25) is 0 Å². The minimum Gasteiger partial charge on any atom is -0.495 e. The summed E-state index contributed by atoms with van der Waals surface area (Å²) in [6.07, 6.45) is 0. The fraction of sp³-hybridized carbons (Fsp3) is 0.172. The first-order valence-corrected chi connectivity index (χ1v) is 12.2. The summed E-state index contributed by atoms with van der Waals surface area (Å²) in [4.78, 5) is 0. The summed E-state index contributed by atoms with van der Waals surface area (Å²) in [6.45, 7) is 2.99. The van der Waals surface area contributed by atoms with Crippen LogP contribution in [0.1, 0.15) is 6.92 Å². The van der Waals surface area contributed by atoms with Crippen molar-refractivity contribution in [2.75, 3.05) is 20.8 Å². The largest absolute Gasteiger partial charge is 0.495 e. The molecule has 1 aliphatic heterocycles. The van der Waals surface area contributed by atoms with Crippen LogP contribution in [0, 0.1) is 0 Å². The lowest BCUT2D eigenvalue weighted by Crippen LogP contribution is -2.22. The highest BCUT2D eigenvalue weighted by molar-refractivity contribution is 7.48. The summed E-state index contributed by atoms with van der Waals surface area (Å²) in [5, 5.41) is 1.23. The van der Waals surface area contributed by atoms with E-state index in [1.807, 2.05) is 12.1 Å². The Balaban J connectivity index is 1.88. The van der Waals surface area contributed by atoms with Crippen molar-refractivity contribution in [2.45, 2.75) is 12.6 Å². The van der Waals surface area contributed by atoms with Crippen molar-refractivity contribution in [3.8, 4) is 50.6 Å². The van der Waals surface area contributed by atoms with E-state index in [9.17, 15) is 0 Å². The molecule has 1 aliphatic rings. The molecule has 3 nitrogen and oxygen atoms in total. The number of benzene rings is 4. The summed E-state index contributed by atoms with van der Waals surface area (Å²) in [6, 6.07) is 29.3. The van der Waals surface area contributed by atoms with Gasteiger partial charge in [-0.15, -0.1) is 0 Å². The zero-order chi connectivity index (χ0) is 22.8. The smallest absolute Gasteiger partial charge is 0.138 e. The molecule has 5 rings (SSSR count). The van der Waals surface area contributed by atoms with Gasteiger partial charge in [0, 0.05) is 27.7 Å². The van der Waals surface area contributed by atoms with Crippen LogP contribution in [0.3, 0.4) is 0 Å².